The first kappa shape index (κ1) is 14.8. The molecule has 0 unspecified atom stereocenters. The normalized spacial score (nSPS) is 12.8. The molecule has 0 spiro atoms. The monoisotopic (exact) mass is 268 g/mol. The molecule has 0 saturated heterocycles. The van der Waals surface area contributed by atoms with E-state index < -0.39 is 0 Å². The lowest BCUT2D eigenvalue weighted by atomic mass is 10.1. The van der Waals surface area contributed by atoms with E-state index in [0.717, 1.165) is 13.1 Å². The Balaban J connectivity index is 2.03. The number of hydrogen-bond donors (Lipinski definition) is 1. The van der Waals surface area contributed by atoms with Gasteiger partial charge in [0, 0.05) is 25.2 Å². The summed E-state index contributed by atoms with van der Waals surface area (Å²) in [4.78, 5) is 2.42. The highest BCUT2D eigenvalue weighted by molar-refractivity contribution is 5.19. The highest BCUT2D eigenvalue weighted by atomic mass is 15.2. The predicted octanol–water partition coefficient (Wildman–Crippen LogP) is 3.60. The average Bonchev–Trinajstić information content (AvgIpc) is 2.48. The van der Waals surface area contributed by atoms with Crippen molar-refractivity contribution < 1.29 is 0 Å². The minimum atomic E-state index is 0.0577. The lowest BCUT2D eigenvalue weighted by Gasteiger charge is -2.29. The molecule has 0 radical (unpaired) electrons. The van der Waals surface area contributed by atoms with Crippen LogP contribution in [0.3, 0.4) is 0 Å². The number of rotatable bonds is 6. The number of nitrogens with zero attached hydrogens (tertiary/aromatic N) is 1. The quantitative estimate of drug-likeness (QED) is 0.867. The van der Waals surface area contributed by atoms with Crippen molar-refractivity contribution in [3.05, 3.63) is 71.8 Å². The zero-order valence-corrected chi connectivity index (χ0v) is 12.4. The van der Waals surface area contributed by atoms with E-state index in [1.807, 2.05) is 18.2 Å². The topological polar surface area (TPSA) is 29.3 Å². The van der Waals surface area contributed by atoms with Crippen LogP contribution in [0.25, 0.3) is 0 Å². The molecule has 2 aromatic rings. The fourth-order valence-corrected chi connectivity index (χ4v) is 2.33. The van der Waals surface area contributed by atoms with Crippen LogP contribution in [0, 0.1) is 0 Å². The van der Waals surface area contributed by atoms with Crippen LogP contribution >= 0.6 is 0 Å². The van der Waals surface area contributed by atoms with Gasteiger partial charge in [0.25, 0.3) is 0 Å². The Morgan fingerprint density at radius 3 is 2.00 bits per heavy atom. The smallest absolute Gasteiger partial charge is 0.0424 e. The average molecular weight is 268 g/mol. The Labute approximate surface area is 122 Å². The molecule has 2 heteroatoms. The van der Waals surface area contributed by atoms with Gasteiger partial charge in [-0.25, -0.2) is 0 Å². The fourth-order valence-electron chi connectivity index (χ4n) is 2.33. The van der Waals surface area contributed by atoms with Crippen LogP contribution < -0.4 is 5.73 Å². The van der Waals surface area contributed by atoms with Crippen molar-refractivity contribution in [2.75, 3.05) is 6.54 Å². The van der Waals surface area contributed by atoms with E-state index >= 15 is 0 Å². The standard InChI is InChI=1S/C18H24N2/c1-15(2)20(13-16-9-5-3-6-10-16)14-18(19)17-11-7-4-8-12-17/h3-12,15,18H,13-14,19H2,1-2H3/t18-/m1/s1. The SMILES string of the molecule is CC(C)N(Cc1ccccc1)C[C@@H](N)c1ccccc1. The molecule has 0 aliphatic carbocycles. The Hall–Kier alpha value is -1.64. The molecule has 2 aromatic carbocycles. The van der Waals surface area contributed by atoms with Crippen molar-refractivity contribution >= 4 is 0 Å². The maximum absolute atomic E-state index is 6.35. The minimum Gasteiger partial charge on any atom is -0.323 e. The van der Waals surface area contributed by atoms with Crippen molar-refractivity contribution in [1.82, 2.24) is 4.90 Å². The van der Waals surface area contributed by atoms with E-state index in [2.05, 4.69) is 61.2 Å². The molecule has 0 aliphatic rings. The number of hydrogen-bond acceptors (Lipinski definition) is 2. The summed E-state index contributed by atoms with van der Waals surface area (Å²) in [7, 11) is 0. The largest absolute Gasteiger partial charge is 0.323 e. The number of nitrogens with two attached hydrogens (primary N) is 1. The van der Waals surface area contributed by atoms with Gasteiger partial charge in [-0.05, 0) is 25.0 Å². The van der Waals surface area contributed by atoms with Gasteiger partial charge < -0.3 is 5.73 Å². The summed E-state index contributed by atoms with van der Waals surface area (Å²) >= 11 is 0. The Morgan fingerprint density at radius 2 is 1.45 bits per heavy atom. The summed E-state index contributed by atoms with van der Waals surface area (Å²) in [6.07, 6.45) is 0. The summed E-state index contributed by atoms with van der Waals surface area (Å²) < 4.78 is 0. The second-order valence-corrected chi connectivity index (χ2v) is 5.53. The Morgan fingerprint density at radius 1 is 0.900 bits per heavy atom. The van der Waals surface area contributed by atoms with Crippen LogP contribution in [-0.2, 0) is 6.54 Å². The van der Waals surface area contributed by atoms with Crippen molar-refractivity contribution in [3.63, 3.8) is 0 Å². The molecule has 0 fully saturated rings. The van der Waals surface area contributed by atoms with Gasteiger partial charge in [0.15, 0.2) is 0 Å². The summed E-state index contributed by atoms with van der Waals surface area (Å²) in [6.45, 7) is 6.26. The van der Waals surface area contributed by atoms with Crippen molar-refractivity contribution in [2.45, 2.75) is 32.5 Å². The molecule has 0 aromatic heterocycles. The van der Waals surface area contributed by atoms with E-state index in [1.165, 1.54) is 11.1 Å². The first-order valence-corrected chi connectivity index (χ1v) is 7.25. The maximum atomic E-state index is 6.35. The first-order chi connectivity index (χ1) is 9.66. The van der Waals surface area contributed by atoms with Crippen LogP contribution in [0.5, 0.6) is 0 Å². The third-order valence-electron chi connectivity index (χ3n) is 3.62. The Bertz CT molecular complexity index is 493. The molecule has 0 amide bonds. The van der Waals surface area contributed by atoms with E-state index in [1.54, 1.807) is 0 Å². The zero-order valence-electron chi connectivity index (χ0n) is 12.4. The first-order valence-electron chi connectivity index (χ1n) is 7.25. The predicted molar refractivity (Wildman–Crippen MR) is 85.4 cm³/mol. The molecule has 1 atom stereocenters. The fraction of sp³-hybridized carbons (Fsp3) is 0.333. The van der Waals surface area contributed by atoms with Crippen molar-refractivity contribution in [3.8, 4) is 0 Å². The van der Waals surface area contributed by atoms with Crippen LogP contribution in [0.2, 0.25) is 0 Å². The molecular formula is C18H24N2. The second kappa shape index (κ2) is 7.22. The van der Waals surface area contributed by atoms with Gasteiger partial charge in [-0.3, -0.25) is 4.90 Å². The highest BCUT2D eigenvalue weighted by Crippen LogP contribution is 2.15. The van der Waals surface area contributed by atoms with Gasteiger partial charge in [0.1, 0.15) is 0 Å². The zero-order chi connectivity index (χ0) is 14.4. The van der Waals surface area contributed by atoms with Gasteiger partial charge in [-0.2, -0.15) is 0 Å². The number of benzene rings is 2. The van der Waals surface area contributed by atoms with Crippen LogP contribution in [0.15, 0.2) is 60.7 Å². The van der Waals surface area contributed by atoms with Crippen molar-refractivity contribution in [1.29, 1.82) is 0 Å². The summed E-state index contributed by atoms with van der Waals surface area (Å²) in [5, 5.41) is 0. The summed E-state index contributed by atoms with van der Waals surface area (Å²) in [5.74, 6) is 0. The van der Waals surface area contributed by atoms with Gasteiger partial charge in [0.2, 0.25) is 0 Å². The second-order valence-electron chi connectivity index (χ2n) is 5.53. The molecule has 0 heterocycles. The van der Waals surface area contributed by atoms with E-state index in [9.17, 15) is 0 Å². The molecular weight excluding hydrogens is 244 g/mol. The molecule has 20 heavy (non-hydrogen) atoms. The van der Waals surface area contributed by atoms with E-state index in [-0.39, 0.29) is 6.04 Å². The van der Waals surface area contributed by atoms with Crippen LogP contribution in [0.1, 0.15) is 31.0 Å². The van der Waals surface area contributed by atoms with Crippen LogP contribution in [-0.4, -0.2) is 17.5 Å². The lowest BCUT2D eigenvalue weighted by Crippen LogP contribution is -2.36. The third-order valence-corrected chi connectivity index (χ3v) is 3.62. The Kier molecular flexibility index (Phi) is 5.33. The molecule has 0 bridgehead atoms. The minimum absolute atomic E-state index is 0.0577. The van der Waals surface area contributed by atoms with Gasteiger partial charge >= 0.3 is 0 Å². The molecule has 2 N–H and O–H groups in total. The molecule has 0 aliphatic heterocycles. The van der Waals surface area contributed by atoms with Crippen LogP contribution in [0.4, 0.5) is 0 Å². The highest BCUT2D eigenvalue weighted by Gasteiger charge is 2.15. The molecule has 2 rings (SSSR count). The summed E-state index contributed by atoms with van der Waals surface area (Å²) in [5.41, 5.74) is 8.88. The third kappa shape index (κ3) is 4.19. The summed E-state index contributed by atoms with van der Waals surface area (Å²) in [6, 6.07) is 21.4. The van der Waals surface area contributed by atoms with Crippen molar-refractivity contribution in [2.24, 2.45) is 5.73 Å². The lowest BCUT2D eigenvalue weighted by molar-refractivity contribution is 0.200. The molecule has 0 saturated carbocycles. The maximum Gasteiger partial charge on any atom is 0.0424 e. The molecule has 106 valence electrons. The molecule has 2 nitrogen and oxygen atoms in total. The van der Waals surface area contributed by atoms with Gasteiger partial charge in [-0.15, -0.1) is 0 Å². The van der Waals surface area contributed by atoms with Gasteiger partial charge in [-0.1, -0.05) is 60.7 Å². The van der Waals surface area contributed by atoms with E-state index in [0.29, 0.717) is 6.04 Å². The van der Waals surface area contributed by atoms with E-state index in [4.69, 9.17) is 5.73 Å². The van der Waals surface area contributed by atoms with Gasteiger partial charge in [0.05, 0.1) is 0 Å².